The van der Waals surface area contributed by atoms with Gasteiger partial charge in [0, 0.05) is 5.69 Å². The van der Waals surface area contributed by atoms with E-state index in [-0.39, 0.29) is 5.57 Å². The summed E-state index contributed by atoms with van der Waals surface area (Å²) < 4.78 is 18.0. The number of carbonyl (C=O) groups is 1. The number of nitrogens with zero attached hydrogens (tertiary/aromatic N) is 1. The minimum Gasteiger partial charge on any atom is -0.493 e. The lowest BCUT2D eigenvalue weighted by Gasteiger charge is -2.14. The van der Waals surface area contributed by atoms with Crippen LogP contribution in [0.3, 0.4) is 0 Å². The first-order valence-corrected chi connectivity index (χ1v) is 13.4. The van der Waals surface area contributed by atoms with Crippen LogP contribution in [0.1, 0.15) is 27.8 Å². The Morgan fingerprint density at radius 2 is 1.62 bits per heavy atom. The minimum absolute atomic E-state index is 0.0536. The second kappa shape index (κ2) is 13.5. The molecule has 0 saturated heterocycles. The topological polar surface area (TPSA) is 80.6 Å². The van der Waals surface area contributed by atoms with Crippen molar-refractivity contribution >= 4 is 33.6 Å². The summed E-state index contributed by atoms with van der Waals surface area (Å²) in [6, 6.07) is 28.7. The maximum Gasteiger partial charge on any atom is 0.266 e. The molecule has 0 aliphatic rings. The number of aryl methyl sites for hydroxylation is 2. The summed E-state index contributed by atoms with van der Waals surface area (Å²) in [5, 5.41) is 12.5. The van der Waals surface area contributed by atoms with E-state index in [2.05, 4.69) is 27.3 Å². The third kappa shape index (κ3) is 7.75. The van der Waals surface area contributed by atoms with Gasteiger partial charge >= 0.3 is 0 Å². The molecule has 7 heteroatoms. The highest BCUT2D eigenvalue weighted by Crippen LogP contribution is 2.38. The third-order valence-corrected chi connectivity index (χ3v) is 6.62. The number of anilines is 1. The number of nitriles is 1. The van der Waals surface area contributed by atoms with E-state index in [0.717, 1.165) is 16.7 Å². The molecule has 0 saturated carbocycles. The van der Waals surface area contributed by atoms with Crippen molar-refractivity contribution < 1.29 is 19.0 Å². The number of methoxy groups -OCH3 is 1. The van der Waals surface area contributed by atoms with E-state index < -0.39 is 5.91 Å². The van der Waals surface area contributed by atoms with Crippen LogP contribution in [0.15, 0.2) is 95.0 Å². The Hall–Kier alpha value is -4.54. The summed E-state index contributed by atoms with van der Waals surface area (Å²) in [6.45, 7) is 4.89. The fourth-order valence-corrected chi connectivity index (χ4v) is 4.49. The van der Waals surface area contributed by atoms with E-state index in [9.17, 15) is 10.1 Å². The van der Waals surface area contributed by atoms with Crippen molar-refractivity contribution in [2.24, 2.45) is 0 Å². The van der Waals surface area contributed by atoms with Crippen LogP contribution < -0.4 is 19.5 Å². The third-order valence-electron chi connectivity index (χ3n) is 6.03. The van der Waals surface area contributed by atoms with Crippen LogP contribution in [0.25, 0.3) is 6.08 Å². The van der Waals surface area contributed by atoms with Gasteiger partial charge in [0.05, 0.1) is 11.6 Å². The Labute approximate surface area is 243 Å². The molecule has 0 aromatic heterocycles. The predicted octanol–water partition coefficient (Wildman–Crippen LogP) is 7.78. The van der Waals surface area contributed by atoms with Crippen molar-refractivity contribution in [3.63, 3.8) is 0 Å². The lowest BCUT2D eigenvalue weighted by atomic mass is 10.1. The van der Waals surface area contributed by atoms with Crippen LogP contribution in [0.5, 0.6) is 17.2 Å². The summed E-state index contributed by atoms with van der Waals surface area (Å²) >= 11 is 3.54. The van der Waals surface area contributed by atoms with Gasteiger partial charge in [0.1, 0.15) is 30.6 Å². The molecule has 0 heterocycles. The SMILES string of the molecule is COc1cc(/C=C(\C#N)C(=O)Nc2ccc(OCc3ccc(C)cc3)cc2)cc(Br)c1OCc1cccc(C)c1. The molecule has 0 spiro atoms. The van der Waals surface area contributed by atoms with Gasteiger partial charge in [-0.05, 0) is 88.9 Å². The Morgan fingerprint density at radius 3 is 2.30 bits per heavy atom. The van der Waals surface area contributed by atoms with Gasteiger partial charge in [-0.1, -0.05) is 59.7 Å². The molecular weight excluding hydrogens is 568 g/mol. The van der Waals surface area contributed by atoms with Crippen LogP contribution in [0.2, 0.25) is 0 Å². The molecule has 0 aliphatic heterocycles. The molecule has 1 amide bonds. The van der Waals surface area contributed by atoms with E-state index in [1.165, 1.54) is 11.6 Å². The monoisotopic (exact) mass is 596 g/mol. The first kappa shape index (κ1) is 28.5. The van der Waals surface area contributed by atoms with Crippen molar-refractivity contribution in [1.29, 1.82) is 5.26 Å². The number of benzene rings is 4. The quantitative estimate of drug-likeness (QED) is 0.149. The molecule has 0 unspecified atom stereocenters. The van der Waals surface area contributed by atoms with Gasteiger partial charge in [-0.3, -0.25) is 4.79 Å². The first-order chi connectivity index (χ1) is 19.3. The number of hydrogen-bond acceptors (Lipinski definition) is 5. The average Bonchev–Trinajstić information content (AvgIpc) is 2.95. The highest BCUT2D eigenvalue weighted by atomic mass is 79.9. The maximum absolute atomic E-state index is 12.9. The van der Waals surface area contributed by atoms with Gasteiger partial charge in [-0.25, -0.2) is 0 Å². The first-order valence-electron chi connectivity index (χ1n) is 12.6. The summed E-state index contributed by atoms with van der Waals surface area (Å²) in [5.74, 6) is 1.17. The number of halogens is 1. The molecule has 0 aliphatic carbocycles. The highest BCUT2D eigenvalue weighted by Gasteiger charge is 2.15. The number of nitrogens with one attached hydrogen (secondary N) is 1. The zero-order chi connectivity index (χ0) is 28.5. The van der Waals surface area contributed by atoms with Gasteiger partial charge in [-0.2, -0.15) is 5.26 Å². The van der Waals surface area contributed by atoms with Crippen molar-refractivity contribution in [1.82, 2.24) is 0 Å². The highest BCUT2D eigenvalue weighted by molar-refractivity contribution is 9.10. The van der Waals surface area contributed by atoms with Crippen LogP contribution in [-0.4, -0.2) is 13.0 Å². The van der Waals surface area contributed by atoms with Crippen LogP contribution in [0, 0.1) is 25.2 Å². The molecule has 0 radical (unpaired) electrons. The van der Waals surface area contributed by atoms with Crippen LogP contribution in [-0.2, 0) is 18.0 Å². The number of amides is 1. The summed E-state index contributed by atoms with van der Waals surface area (Å²) in [4.78, 5) is 12.9. The van der Waals surface area contributed by atoms with Gasteiger partial charge in [0.2, 0.25) is 0 Å². The Balaban J connectivity index is 1.41. The molecule has 0 bridgehead atoms. The molecule has 4 rings (SSSR count). The van der Waals surface area contributed by atoms with Gasteiger partial charge in [-0.15, -0.1) is 0 Å². The van der Waals surface area contributed by atoms with E-state index in [1.54, 1.807) is 43.5 Å². The second-order valence-electron chi connectivity index (χ2n) is 9.23. The molecule has 40 heavy (non-hydrogen) atoms. The van der Waals surface area contributed by atoms with Gasteiger partial charge in [0.25, 0.3) is 5.91 Å². The summed E-state index contributed by atoms with van der Waals surface area (Å²) in [7, 11) is 1.54. The van der Waals surface area contributed by atoms with Crippen molar-refractivity contribution in [2.75, 3.05) is 12.4 Å². The average molecular weight is 598 g/mol. The molecule has 6 nitrogen and oxygen atoms in total. The number of rotatable bonds is 10. The maximum atomic E-state index is 12.9. The molecule has 0 fully saturated rings. The van der Waals surface area contributed by atoms with Gasteiger partial charge in [0.15, 0.2) is 11.5 Å². The van der Waals surface area contributed by atoms with E-state index >= 15 is 0 Å². The second-order valence-corrected chi connectivity index (χ2v) is 10.1. The normalized spacial score (nSPS) is 10.9. The molecular formula is C33H29BrN2O4. The lowest BCUT2D eigenvalue weighted by molar-refractivity contribution is -0.112. The molecule has 1 N–H and O–H groups in total. The lowest BCUT2D eigenvalue weighted by Crippen LogP contribution is -2.13. The van der Waals surface area contributed by atoms with Crippen molar-refractivity contribution in [2.45, 2.75) is 27.1 Å². The zero-order valence-corrected chi connectivity index (χ0v) is 24.1. The molecule has 202 valence electrons. The number of hydrogen-bond donors (Lipinski definition) is 1. The Kier molecular flexibility index (Phi) is 9.61. The molecule has 4 aromatic carbocycles. The molecule has 0 atom stereocenters. The van der Waals surface area contributed by atoms with E-state index in [1.807, 2.05) is 62.4 Å². The fraction of sp³-hybridized carbons (Fsp3) is 0.152. The Morgan fingerprint density at radius 1 is 0.900 bits per heavy atom. The van der Waals surface area contributed by atoms with Crippen molar-refractivity contribution in [3.05, 3.63) is 123 Å². The standard InChI is InChI=1S/C33H29BrN2O4/c1-22-7-9-24(10-8-22)20-39-29-13-11-28(12-14-29)36-33(37)27(19-35)16-26-17-30(34)32(31(18-26)38-3)40-21-25-6-4-5-23(2)15-25/h4-18H,20-21H2,1-3H3,(H,36,37)/b27-16+. The molecule has 4 aromatic rings. The summed E-state index contributed by atoms with van der Waals surface area (Å²) in [6.07, 6.45) is 1.51. The van der Waals surface area contributed by atoms with E-state index in [0.29, 0.717) is 46.2 Å². The smallest absolute Gasteiger partial charge is 0.266 e. The minimum atomic E-state index is -0.523. The summed E-state index contributed by atoms with van der Waals surface area (Å²) in [5.41, 5.74) is 5.56. The number of carbonyl (C=O) groups excluding carboxylic acids is 1. The van der Waals surface area contributed by atoms with Crippen LogP contribution in [0.4, 0.5) is 5.69 Å². The largest absolute Gasteiger partial charge is 0.493 e. The van der Waals surface area contributed by atoms with Crippen molar-refractivity contribution in [3.8, 4) is 23.3 Å². The number of ether oxygens (including phenoxy) is 3. The van der Waals surface area contributed by atoms with Crippen LogP contribution >= 0.6 is 15.9 Å². The fourth-order valence-electron chi connectivity index (χ4n) is 3.92. The Bertz CT molecular complexity index is 1560. The van der Waals surface area contributed by atoms with E-state index in [4.69, 9.17) is 14.2 Å². The predicted molar refractivity (Wildman–Crippen MR) is 160 cm³/mol. The zero-order valence-electron chi connectivity index (χ0n) is 22.5. The van der Waals surface area contributed by atoms with Gasteiger partial charge < -0.3 is 19.5 Å².